The highest BCUT2D eigenvalue weighted by Crippen LogP contribution is 2.42. The van der Waals surface area contributed by atoms with E-state index in [-0.39, 0.29) is 46.7 Å². The number of anilines is 1. The molecular weight excluding hydrogens is 600 g/mol. The van der Waals surface area contributed by atoms with Crippen molar-refractivity contribution in [3.8, 4) is 17.1 Å². The Labute approximate surface area is 266 Å². The summed E-state index contributed by atoms with van der Waals surface area (Å²) < 4.78 is 37.2. The first-order chi connectivity index (χ1) is 21.5. The van der Waals surface area contributed by atoms with E-state index in [1.807, 2.05) is 32.9 Å². The van der Waals surface area contributed by atoms with E-state index >= 15 is 4.39 Å². The lowest BCUT2D eigenvalue weighted by molar-refractivity contribution is -0.128. The molecule has 238 valence electrons. The predicted molar refractivity (Wildman–Crippen MR) is 173 cm³/mol. The molecule has 3 atom stereocenters. The predicted octanol–water partition coefficient (Wildman–Crippen LogP) is 6.09. The van der Waals surface area contributed by atoms with Crippen LogP contribution in [0.1, 0.15) is 39.2 Å². The minimum atomic E-state index is -1.17. The number of benzene rings is 2. The number of piperazine rings is 1. The molecule has 4 aromatic rings. The van der Waals surface area contributed by atoms with Gasteiger partial charge in [0, 0.05) is 66.7 Å². The number of aromatic nitrogens is 4. The number of fused-ring (bicyclic) bond motifs is 2. The van der Waals surface area contributed by atoms with Gasteiger partial charge in [0.05, 0.1) is 23.3 Å². The molecule has 1 N–H and O–H groups in total. The summed E-state index contributed by atoms with van der Waals surface area (Å²) in [5, 5.41) is 8.53. The van der Waals surface area contributed by atoms with E-state index in [1.165, 1.54) is 6.08 Å². The zero-order valence-electron chi connectivity index (χ0n) is 26.0. The summed E-state index contributed by atoms with van der Waals surface area (Å²) in [7, 11) is 0. The van der Waals surface area contributed by atoms with Crippen LogP contribution in [0, 0.1) is 12.7 Å². The molecule has 2 aliphatic rings. The van der Waals surface area contributed by atoms with Gasteiger partial charge in [-0.2, -0.15) is 15.1 Å². The maximum atomic E-state index is 16.8. The van der Waals surface area contributed by atoms with Crippen LogP contribution in [0.3, 0.4) is 0 Å². The number of ether oxygens (including phenoxy) is 1. The van der Waals surface area contributed by atoms with Crippen molar-refractivity contribution in [1.29, 1.82) is 0 Å². The van der Waals surface area contributed by atoms with Crippen molar-refractivity contribution in [2.75, 3.05) is 44.2 Å². The lowest BCUT2D eigenvalue weighted by Crippen LogP contribution is -2.58. The molecule has 2 aromatic carbocycles. The summed E-state index contributed by atoms with van der Waals surface area (Å²) in [6.07, 6.45) is 4.14. The van der Waals surface area contributed by atoms with Crippen LogP contribution >= 0.6 is 11.6 Å². The SMILES string of the molecule is C=CC(=O)N1C[C@H](C)N(c2nc(OCCCN3CCC(C)(F)C3)nc3c(F)c(-c4c(C)ccc5[nH]ncc45)c(Cl)cc23)C[C@H]1C. The maximum absolute atomic E-state index is 16.8. The Morgan fingerprint density at radius 3 is 2.76 bits per heavy atom. The fraction of sp³-hybridized carbons (Fsp3) is 0.455. The number of hydrogen-bond donors (Lipinski definition) is 1. The summed E-state index contributed by atoms with van der Waals surface area (Å²) in [4.78, 5) is 27.8. The Morgan fingerprint density at radius 1 is 1.22 bits per heavy atom. The van der Waals surface area contributed by atoms with E-state index in [0.29, 0.717) is 62.3 Å². The van der Waals surface area contributed by atoms with Gasteiger partial charge in [0.15, 0.2) is 5.82 Å². The van der Waals surface area contributed by atoms with E-state index in [4.69, 9.17) is 21.3 Å². The van der Waals surface area contributed by atoms with E-state index in [0.717, 1.165) is 16.5 Å². The third-order valence-electron chi connectivity index (χ3n) is 8.99. The molecule has 4 heterocycles. The van der Waals surface area contributed by atoms with Crippen LogP contribution in [-0.4, -0.2) is 93.0 Å². The second-order valence-electron chi connectivity index (χ2n) is 12.5. The standard InChI is InChI=1S/C33H38ClF2N7O2/c1-6-26(44)42-16-21(4)43(17-20(42)3)31-22-14-24(34)28(27-19(2)8-9-25-23(27)15-37-40-25)29(35)30(22)38-32(39-31)45-13-7-11-41-12-10-33(5,36)18-41/h6,8-9,14-15,20-21H,1,7,10-13,16-18H2,2-5H3,(H,37,40)/t20-,21+,33?/m1/s1. The monoisotopic (exact) mass is 637 g/mol. The smallest absolute Gasteiger partial charge is 0.319 e. The summed E-state index contributed by atoms with van der Waals surface area (Å²) in [5.74, 6) is -0.235. The first-order valence-electron chi connectivity index (χ1n) is 15.3. The number of H-pyrrole nitrogens is 1. The highest BCUT2D eigenvalue weighted by molar-refractivity contribution is 6.35. The molecule has 0 spiro atoms. The largest absolute Gasteiger partial charge is 0.463 e. The second-order valence-corrected chi connectivity index (χ2v) is 13.0. The number of alkyl halides is 1. The van der Waals surface area contributed by atoms with Crippen LogP contribution in [0.5, 0.6) is 6.01 Å². The van der Waals surface area contributed by atoms with Gasteiger partial charge in [0.1, 0.15) is 17.0 Å². The Kier molecular flexibility index (Phi) is 8.43. The molecule has 2 aliphatic heterocycles. The number of aromatic amines is 1. The Morgan fingerprint density at radius 2 is 2.02 bits per heavy atom. The quantitative estimate of drug-likeness (QED) is 0.185. The van der Waals surface area contributed by atoms with Crippen LogP contribution in [0.2, 0.25) is 5.02 Å². The van der Waals surface area contributed by atoms with Crippen LogP contribution in [0.25, 0.3) is 32.9 Å². The van der Waals surface area contributed by atoms with Crippen molar-refractivity contribution >= 4 is 45.1 Å². The van der Waals surface area contributed by atoms with Gasteiger partial charge in [-0.1, -0.05) is 24.2 Å². The minimum absolute atomic E-state index is 0.0455. The number of hydrogen-bond acceptors (Lipinski definition) is 7. The van der Waals surface area contributed by atoms with Crippen LogP contribution in [0.4, 0.5) is 14.6 Å². The van der Waals surface area contributed by atoms with Gasteiger partial charge in [0.2, 0.25) is 5.91 Å². The summed E-state index contributed by atoms with van der Waals surface area (Å²) in [6.45, 7) is 14.1. The third-order valence-corrected chi connectivity index (χ3v) is 9.29. The summed E-state index contributed by atoms with van der Waals surface area (Å²) in [6, 6.07) is 5.26. The first kappa shape index (κ1) is 31.2. The molecule has 2 aromatic heterocycles. The molecule has 6 rings (SSSR count). The molecule has 1 amide bonds. The molecule has 0 saturated carbocycles. The zero-order chi connectivity index (χ0) is 32.0. The van der Waals surface area contributed by atoms with Crippen molar-refractivity contribution < 1.29 is 18.3 Å². The molecule has 0 aliphatic carbocycles. The fourth-order valence-corrected chi connectivity index (χ4v) is 6.92. The number of aryl methyl sites for hydroxylation is 1. The van der Waals surface area contributed by atoms with Gasteiger partial charge in [-0.3, -0.25) is 14.8 Å². The number of likely N-dealkylation sites (tertiary alicyclic amines) is 1. The van der Waals surface area contributed by atoms with Crippen molar-refractivity contribution in [3.05, 3.63) is 53.5 Å². The number of nitrogens with one attached hydrogen (secondary N) is 1. The molecular formula is C33H38ClF2N7O2. The van der Waals surface area contributed by atoms with Crippen molar-refractivity contribution in [2.45, 2.75) is 58.3 Å². The average Bonchev–Trinajstić information content (AvgIpc) is 3.62. The van der Waals surface area contributed by atoms with Crippen molar-refractivity contribution in [1.82, 2.24) is 30.0 Å². The van der Waals surface area contributed by atoms with Gasteiger partial charge in [-0.25, -0.2) is 8.78 Å². The molecule has 2 fully saturated rings. The van der Waals surface area contributed by atoms with Gasteiger partial charge >= 0.3 is 6.01 Å². The van der Waals surface area contributed by atoms with E-state index in [2.05, 4.69) is 31.6 Å². The molecule has 0 bridgehead atoms. The Balaban J connectivity index is 1.40. The van der Waals surface area contributed by atoms with Crippen LogP contribution in [0.15, 0.2) is 37.1 Å². The molecule has 0 radical (unpaired) electrons. The van der Waals surface area contributed by atoms with Crippen LogP contribution in [-0.2, 0) is 4.79 Å². The maximum Gasteiger partial charge on any atom is 0.319 e. The van der Waals surface area contributed by atoms with E-state index in [1.54, 1.807) is 24.1 Å². The number of halogens is 3. The first-order valence-corrected chi connectivity index (χ1v) is 15.7. The molecule has 9 nitrogen and oxygen atoms in total. The van der Waals surface area contributed by atoms with Crippen LogP contribution < -0.4 is 9.64 Å². The van der Waals surface area contributed by atoms with E-state index in [9.17, 15) is 9.18 Å². The third kappa shape index (κ3) is 5.95. The van der Waals surface area contributed by atoms with E-state index < -0.39 is 11.5 Å². The van der Waals surface area contributed by atoms with Gasteiger partial charge in [0.25, 0.3) is 0 Å². The number of nitrogens with zero attached hydrogens (tertiary/aromatic N) is 6. The molecule has 45 heavy (non-hydrogen) atoms. The molecule has 1 unspecified atom stereocenters. The normalized spacial score (nSPS) is 22.5. The minimum Gasteiger partial charge on any atom is -0.463 e. The number of carbonyl (C=O) groups excluding carboxylic acids is 1. The zero-order valence-corrected chi connectivity index (χ0v) is 26.8. The average molecular weight is 638 g/mol. The van der Waals surface area contributed by atoms with Gasteiger partial charge < -0.3 is 14.5 Å². The number of rotatable bonds is 8. The summed E-state index contributed by atoms with van der Waals surface area (Å²) >= 11 is 6.90. The second kappa shape index (κ2) is 12.2. The lowest BCUT2D eigenvalue weighted by Gasteiger charge is -2.44. The summed E-state index contributed by atoms with van der Waals surface area (Å²) in [5.41, 5.74) is 1.39. The Bertz CT molecular complexity index is 1780. The Hall–Kier alpha value is -3.83. The van der Waals surface area contributed by atoms with Gasteiger partial charge in [-0.05, 0) is 64.3 Å². The van der Waals surface area contributed by atoms with Crippen molar-refractivity contribution in [3.63, 3.8) is 0 Å². The number of carbonyl (C=O) groups is 1. The lowest BCUT2D eigenvalue weighted by atomic mass is 9.95. The highest BCUT2D eigenvalue weighted by atomic mass is 35.5. The topological polar surface area (TPSA) is 90.5 Å². The van der Waals surface area contributed by atoms with Gasteiger partial charge in [-0.15, -0.1) is 0 Å². The fourth-order valence-electron chi connectivity index (χ4n) is 6.63. The van der Waals surface area contributed by atoms with Crippen molar-refractivity contribution in [2.24, 2.45) is 0 Å². The molecule has 2 saturated heterocycles. The highest BCUT2D eigenvalue weighted by Gasteiger charge is 2.35. The molecule has 12 heteroatoms. The number of amides is 1.